The minimum atomic E-state index is -0.580. The molecule has 2 rings (SSSR count). The highest BCUT2D eigenvalue weighted by atomic mass is 15.2. The van der Waals surface area contributed by atoms with E-state index >= 15 is 0 Å². The fourth-order valence-electron chi connectivity index (χ4n) is 3.43. The number of nitriles is 1. The van der Waals surface area contributed by atoms with Gasteiger partial charge in [-0.3, -0.25) is 0 Å². The van der Waals surface area contributed by atoms with E-state index in [1.54, 1.807) is 0 Å². The molecule has 0 spiro atoms. The summed E-state index contributed by atoms with van der Waals surface area (Å²) in [6.45, 7) is 4.12. The Morgan fingerprint density at radius 1 is 1.11 bits per heavy atom. The highest BCUT2D eigenvalue weighted by molar-refractivity contribution is 5.08. The van der Waals surface area contributed by atoms with Crippen molar-refractivity contribution in [2.24, 2.45) is 22.1 Å². The minimum absolute atomic E-state index is 0.293. The molecule has 0 aliphatic heterocycles. The molecular weight excluding hydrogens is 222 g/mol. The van der Waals surface area contributed by atoms with Crippen molar-refractivity contribution < 1.29 is 0 Å². The molecule has 0 N–H and O–H groups in total. The van der Waals surface area contributed by atoms with Crippen LogP contribution >= 0.6 is 0 Å². The van der Waals surface area contributed by atoms with Crippen LogP contribution in [0, 0.1) is 23.2 Å². The highest BCUT2D eigenvalue weighted by Crippen LogP contribution is 2.37. The first-order valence-electron chi connectivity index (χ1n) is 7.49. The molecule has 3 heteroatoms. The van der Waals surface area contributed by atoms with E-state index in [-0.39, 0.29) is 0 Å². The first-order chi connectivity index (χ1) is 8.65. The molecule has 2 atom stereocenters. The van der Waals surface area contributed by atoms with Crippen molar-refractivity contribution in [2.45, 2.75) is 76.8 Å². The van der Waals surface area contributed by atoms with Crippen molar-refractivity contribution in [3.8, 4) is 6.07 Å². The normalized spacial score (nSPS) is 27.4. The largest absolute Gasteiger partial charge is 0.196 e. The van der Waals surface area contributed by atoms with Gasteiger partial charge in [0.05, 0.1) is 12.1 Å². The van der Waals surface area contributed by atoms with Crippen LogP contribution in [0.1, 0.15) is 65.2 Å². The van der Waals surface area contributed by atoms with Gasteiger partial charge in [-0.2, -0.15) is 15.5 Å². The van der Waals surface area contributed by atoms with Crippen LogP contribution in [0.2, 0.25) is 0 Å². The second-order valence-corrected chi connectivity index (χ2v) is 6.24. The van der Waals surface area contributed by atoms with Crippen molar-refractivity contribution in [3.05, 3.63) is 0 Å². The molecule has 18 heavy (non-hydrogen) atoms. The van der Waals surface area contributed by atoms with Crippen LogP contribution in [0.4, 0.5) is 0 Å². The molecule has 0 amide bonds. The lowest BCUT2D eigenvalue weighted by Gasteiger charge is -2.23. The number of hydrogen-bond acceptors (Lipinski definition) is 3. The van der Waals surface area contributed by atoms with Crippen LogP contribution in [0.3, 0.4) is 0 Å². The van der Waals surface area contributed by atoms with Gasteiger partial charge in [0.15, 0.2) is 5.54 Å². The zero-order valence-corrected chi connectivity index (χ0v) is 11.7. The summed E-state index contributed by atoms with van der Waals surface area (Å²) in [5.74, 6) is 1.11. The molecule has 0 aromatic rings. The van der Waals surface area contributed by atoms with E-state index in [4.69, 9.17) is 0 Å². The van der Waals surface area contributed by atoms with Gasteiger partial charge in [0, 0.05) is 0 Å². The zero-order chi connectivity index (χ0) is 13.0. The molecule has 2 aliphatic carbocycles. The Morgan fingerprint density at radius 3 is 2.22 bits per heavy atom. The molecule has 0 saturated heterocycles. The minimum Gasteiger partial charge on any atom is -0.196 e. The van der Waals surface area contributed by atoms with Crippen molar-refractivity contribution in [3.63, 3.8) is 0 Å². The Morgan fingerprint density at radius 2 is 1.67 bits per heavy atom. The predicted molar refractivity (Wildman–Crippen MR) is 72.3 cm³/mol. The van der Waals surface area contributed by atoms with Crippen molar-refractivity contribution >= 4 is 0 Å². The van der Waals surface area contributed by atoms with Gasteiger partial charge in [0.1, 0.15) is 0 Å². The van der Waals surface area contributed by atoms with Crippen molar-refractivity contribution in [1.29, 1.82) is 5.26 Å². The van der Waals surface area contributed by atoms with Crippen LogP contribution in [-0.2, 0) is 0 Å². The summed E-state index contributed by atoms with van der Waals surface area (Å²) in [6.07, 6.45) is 10.0. The van der Waals surface area contributed by atoms with Gasteiger partial charge in [0.25, 0.3) is 0 Å². The van der Waals surface area contributed by atoms with E-state index in [1.807, 2.05) is 6.92 Å². The maximum Gasteiger partial charge on any atom is 0.167 e. The van der Waals surface area contributed by atoms with Gasteiger partial charge in [-0.1, -0.05) is 25.7 Å². The van der Waals surface area contributed by atoms with Gasteiger partial charge >= 0.3 is 0 Å². The third-order valence-electron chi connectivity index (χ3n) is 4.91. The van der Waals surface area contributed by atoms with Crippen LogP contribution in [0.5, 0.6) is 0 Å². The molecule has 2 saturated carbocycles. The van der Waals surface area contributed by atoms with E-state index in [0.717, 1.165) is 12.8 Å². The molecule has 0 aromatic carbocycles. The van der Waals surface area contributed by atoms with E-state index in [2.05, 4.69) is 23.2 Å². The van der Waals surface area contributed by atoms with Crippen LogP contribution < -0.4 is 0 Å². The first kappa shape index (κ1) is 13.5. The topological polar surface area (TPSA) is 48.5 Å². The molecule has 100 valence electrons. The lowest BCUT2D eigenvalue weighted by molar-refractivity contribution is 0.344. The molecule has 0 bridgehead atoms. The average molecular weight is 247 g/mol. The summed E-state index contributed by atoms with van der Waals surface area (Å²) in [6, 6.07) is 2.70. The fraction of sp³-hybridized carbons (Fsp3) is 0.933. The molecule has 2 fully saturated rings. The van der Waals surface area contributed by atoms with Gasteiger partial charge in [0.2, 0.25) is 0 Å². The summed E-state index contributed by atoms with van der Waals surface area (Å²) < 4.78 is 0. The summed E-state index contributed by atoms with van der Waals surface area (Å²) >= 11 is 0. The average Bonchev–Trinajstić information content (AvgIpc) is 3.06. The molecular formula is C15H25N3. The van der Waals surface area contributed by atoms with E-state index in [0.29, 0.717) is 17.9 Å². The molecule has 0 radical (unpaired) electrons. The Kier molecular flexibility index (Phi) is 4.37. The molecule has 0 heterocycles. The lowest BCUT2D eigenvalue weighted by atomic mass is 9.86. The molecule has 2 aliphatic rings. The Bertz CT molecular complexity index is 332. The fourth-order valence-corrected chi connectivity index (χ4v) is 3.43. The molecule has 0 aromatic heterocycles. The van der Waals surface area contributed by atoms with Gasteiger partial charge in [-0.05, 0) is 51.4 Å². The third-order valence-corrected chi connectivity index (χ3v) is 4.91. The van der Waals surface area contributed by atoms with Crippen LogP contribution in [0.15, 0.2) is 10.2 Å². The van der Waals surface area contributed by atoms with Crippen molar-refractivity contribution in [2.75, 3.05) is 0 Å². The second kappa shape index (κ2) is 5.82. The SMILES string of the molecule is CC(N=NC(C)(C#N)C1CCCC1)C1CCCC1. The standard InChI is InChI=1S/C15H25N3/c1-12(13-7-3-4-8-13)17-18-15(2,11-16)14-9-5-6-10-14/h12-14H,3-10H2,1-2H3. The lowest BCUT2D eigenvalue weighted by Crippen LogP contribution is -2.29. The number of rotatable bonds is 4. The van der Waals surface area contributed by atoms with Crippen LogP contribution in [-0.4, -0.2) is 11.6 Å². The summed E-state index contributed by atoms with van der Waals surface area (Å²) in [5, 5.41) is 18.4. The second-order valence-electron chi connectivity index (χ2n) is 6.24. The van der Waals surface area contributed by atoms with Crippen molar-refractivity contribution in [1.82, 2.24) is 0 Å². The van der Waals surface area contributed by atoms with Gasteiger partial charge in [-0.25, -0.2) is 0 Å². The van der Waals surface area contributed by atoms with E-state index < -0.39 is 5.54 Å². The van der Waals surface area contributed by atoms with E-state index in [9.17, 15) is 5.26 Å². The zero-order valence-electron chi connectivity index (χ0n) is 11.7. The van der Waals surface area contributed by atoms with Crippen LogP contribution in [0.25, 0.3) is 0 Å². The number of azo groups is 1. The molecule has 3 nitrogen and oxygen atoms in total. The first-order valence-corrected chi connectivity index (χ1v) is 7.49. The number of hydrogen-bond donors (Lipinski definition) is 0. The summed E-state index contributed by atoms with van der Waals surface area (Å²) in [5.41, 5.74) is -0.580. The predicted octanol–water partition coefficient (Wildman–Crippen LogP) is 4.49. The Hall–Kier alpha value is -0.910. The van der Waals surface area contributed by atoms with Gasteiger partial charge in [-0.15, -0.1) is 0 Å². The maximum atomic E-state index is 9.42. The van der Waals surface area contributed by atoms with Gasteiger partial charge < -0.3 is 0 Å². The molecule has 2 unspecified atom stereocenters. The monoisotopic (exact) mass is 247 g/mol. The Balaban J connectivity index is 1.98. The quantitative estimate of drug-likeness (QED) is 0.675. The number of nitrogens with zero attached hydrogens (tertiary/aromatic N) is 3. The summed E-state index contributed by atoms with van der Waals surface area (Å²) in [4.78, 5) is 0. The smallest absolute Gasteiger partial charge is 0.167 e. The Labute approximate surface area is 111 Å². The highest BCUT2D eigenvalue weighted by Gasteiger charge is 2.37. The maximum absolute atomic E-state index is 9.42. The van der Waals surface area contributed by atoms with E-state index in [1.165, 1.54) is 38.5 Å². The summed E-state index contributed by atoms with van der Waals surface area (Å²) in [7, 11) is 0. The third kappa shape index (κ3) is 2.91.